The Morgan fingerprint density at radius 2 is 2.11 bits per heavy atom. The van der Waals surface area contributed by atoms with Crippen molar-refractivity contribution < 1.29 is 4.79 Å². The molecule has 0 saturated carbocycles. The van der Waals surface area contributed by atoms with E-state index in [2.05, 4.69) is 16.9 Å². The molecule has 2 aromatic heterocycles. The molecular weight excluding hydrogens is 336 g/mol. The highest BCUT2D eigenvalue weighted by Crippen LogP contribution is 2.26. The van der Waals surface area contributed by atoms with E-state index in [4.69, 9.17) is 4.98 Å². The second kappa shape index (κ2) is 7.45. The molecule has 3 heterocycles. The molecule has 0 N–H and O–H groups in total. The molecule has 5 nitrogen and oxygen atoms in total. The van der Waals surface area contributed by atoms with Gasteiger partial charge in [0, 0.05) is 43.5 Å². The summed E-state index contributed by atoms with van der Waals surface area (Å²) in [5, 5.41) is 0.894. The first-order valence-corrected chi connectivity index (χ1v) is 9.36. The Hall–Kier alpha value is -2.79. The van der Waals surface area contributed by atoms with E-state index < -0.39 is 0 Å². The van der Waals surface area contributed by atoms with Crippen LogP contribution in [0.25, 0.3) is 22.2 Å². The molecule has 1 amide bonds. The van der Waals surface area contributed by atoms with E-state index in [1.807, 2.05) is 54.4 Å². The van der Waals surface area contributed by atoms with Crippen LogP contribution in [0, 0.1) is 5.92 Å². The first-order chi connectivity index (χ1) is 13.1. The molecule has 1 aliphatic rings. The molecule has 0 spiro atoms. The van der Waals surface area contributed by atoms with Gasteiger partial charge in [0.1, 0.15) is 0 Å². The molecule has 3 aromatic rings. The van der Waals surface area contributed by atoms with Crippen LogP contribution in [0.2, 0.25) is 0 Å². The van der Waals surface area contributed by atoms with Crippen molar-refractivity contribution in [1.82, 2.24) is 19.8 Å². The summed E-state index contributed by atoms with van der Waals surface area (Å²) >= 11 is 0. The smallest absolute Gasteiger partial charge is 0.254 e. The normalized spacial score (nSPS) is 17.3. The number of para-hydroxylation sites is 1. The SMILES string of the molecule is CN1CCC(CN(C)C(=O)c2cc(-c3cccnc3)nc3ccccc23)C1. The average Bonchev–Trinajstić information content (AvgIpc) is 3.11. The summed E-state index contributed by atoms with van der Waals surface area (Å²) < 4.78 is 0. The minimum Gasteiger partial charge on any atom is -0.341 e. The number of hydrogen-bond acceptors (Lipinski definition) is 4. The average molecular weight is 360 g/mol. The van der Waals surface area contributed by atoms with Gasteiger partial charge in [-0.05, 0) is 50.2 Å². The molecule has 27 heavy (non-hydrogen) atoms. The summed E-state index contributed by atoms with van der Waals surface area (Å²) in [7, 11) is 4.04. The molecule has 1 saturated heterocycles. The van der Waals surface area contributed by atoms with E-state index in [1.54, 1.807) is 12.4 Å². The zero-order valence-electron chi connectivity index (χ0n) is 15.8. The summed E-state index contributed by atoms with van der Waals surface area (Å²) in [6.07, 6.45) is 4.67. The van der Waals surface area contributed by atoms with E-state index in [-0.39, 0.29) is 5.91 Å². The maximum Gasteiger partial charge on any atom is 0.254 e. The second-order valence-corrected chi connectivity index (χ2v) is 7.42. The molecule has 0 aliphatic carbocycles. The fourth-order valence-corrected chi connectivity index (χ4v) is 3.87. The van der Waals surface area contributed by atoms with Gasteiger partial charge in [-0.1, -0.05) is 18.2 Å². The number of amides is 1. The van der Waals surface area contributed by atoms with E-state index in [9.17, 15) is 4.79 Å². The first kappa shape index (κ1) is 17.6. The van der Waals surface area contributed by atoms with Crippen LogP contribution in [0.15, 0.2) is 54.9 Å². The molecule has 1 atom stereocenters. The lowest BCUT2D eigenvalue weighted by atomic mass is 10.0. The number of pyridine rings is 2. The van der Waals surface area contributed by atoms with Crippen LogP contribution in [0.1, 0.15) is 16.8 Å². The third kappa shape index (κ3) is 3.69. The highest BCUT2D eigenvalue weighted by Gasteiger charge is 2.24. The highest BCUT2D eigenvalue weighted by molar-refractivity contribution is 6.07. The topological polar surface area (TPSA) is 49.3 Å². The standard InChI is InChI=1S/C22H24N4O/c1-25-11-9-16(14-25)15-26(2)22(27)19-12-21(17-6-5-10-23-13-17)24-20-8-4-3-7-18(19)20/h3-8,10,12-13,16H,9,11,14-15H2,1-2H3. The molecule has 1 aromatic carbocycles. The number of hydrogen-bond donors (Lipinski definition) is 0. The zero-order valence-corrected chi connectivity index (χ0v) is 15.8. The van der Waals surface area contributed by atoms with Crippen molar-refractivity contribution in [1.29, 1.82) is 0 Å². The Morgan fingerprint density at radius 3 is 2.85 bits per heavy atom. The number of benzene rings is 1. The number of nitrogens with zero attached hydrogens (tertiary/aromatic N) is 4. The van der Waals surface area contributed by atoms with Gasteiger partial charge >= 0.3 is 0 Å². The third-order valence-corrected chi connectivity index (χ3v) is 5.27. The number of carbonyl (C=O) groups excluding carboxylic acids is 1. The molecule has 0 bridgehead atoms. The van der Waals surface area contributed by atoms with Crippen LogP contribution in [0.3, 0.4) is 0 Å². The van der Waals surface area contributed by atoms with Crippen molar-refractivity contribution in [2.75, 3.05) is 33.7 Å². The van der Waals surface area contributed by atoms with E-state index in [1.165, 1.54) is 0 Å². The van der Waals surface area contributed by atoms with Crippen molar-refractivity contribution in [3.8, 4) is 11.3 Å². The maximum atomic E-state index is 13.3. The Morgan fingerprint density at radius 1 is 1.26 bits per heavy atom. The fraction of sp³-hybridized carbons (Fsp3) is 0.318. The largest absolute Gasteiger partial charge is 0.341 e. The number of likely N-dealkylation sites (tertiary alicyclic amines) is 1. The Kier molecular flexibility index (Phi) is 4.86. The summed E-state index contributed by atoms with van der Waals surface area (Å²) in [4.78, 5) is 26.4. The van der Waals surface area contributed by atoms with Crippen molar-refractivity contribution in [3.63, 3.8) is 0 Å². The van der Waals surface area contributed by atoms with Gasteiger partial charge in [0.05, 0.1) is 16.8 Å². The summed E-state index contributed by atoms with van der Waals surface area (Å²) in [5.74, 6) is 0.586. The van der Waals surface area contributed by atoms with E-state index >= 15 is 0 Å². The van der Waals surface area contributed by atoms with Gasteiger partial charge in [0.15, 0.2) is 0 Å². The second-order valence-electron chi connectivity index (χ2n) is 7.42. The molecule has 1 unspecified atom stereocenters. The third-order valence-electron chi connectivity index (χ3n) is 5.27. The van der Waals surface area contributed by atoms with Crippen molar-refractivity contribution in [2.45, 2.75) is 6.42 Å². The molecule has 5 heteroatoms. The number of aromatic nitrogens is 2. The number of rotatable bonds is 4. The van der Waals surface area contributed by atoms with Crippen LogP contribution >= 0.6 is 0 Å². The van der Waals surface area contributed by atoms with Crippen LogP contribution in [-0.2, 0) is 0 Å². The van der Waals surface area contributed by atoms with Gasteiger partial charge in [0.2, 0.25) is 0 Å². The van der Waals surface area contributed by atoms with Gasteiger partial charge in [-0.3, -0.25) is 9.78 Å². The molecule has 1 aliphatic heterocycles. The predicted octanol–water partition coefficient (Wildman–Crippen LogP) is 3.32. The summed E-state index contributed by atoms with van der Waals surface area (Å²) in [6, 6.07) is 13.6. The molecular formula is C22H24N4O. The number of carbonyl (C=O) groups is 1. The summed E-state index contributed by atoms with van der Waals surface area (Å²) in [5.41, 5.74) is 3.22. The lowest BCUT2D eigenvalue weighted by Gasteiger charge is -2.22. The van der Waals surface area contributed by atoms with Crippen LogP contribution < -0.4 is 0 Å². The van der Waals surface area contributed by atoms with E-state index in [0.717, 1.165) is 48.2 Å². The highest BCUT2D eigenvalue weighted by atomic mass is 16.2. The zero-order chi connectivity index (χ0) is 18.8. The van der Waals surface area contributed by atoms with Gasteiger partial charge in [-0.2, -0.15) is 0 Å². The van der Waals surface area contributed by atoms with Gasteiger partial charge in [0.25, 0.3) is 5.91 Å². The fourth-order valence-electron chi connectivity index (χ4n) is 3.87. The minimum absolute atomic E-state index is 0.0493. The predicted molar refractivity (Wildman–Crippen MR) is 108 cm³/mol. The quantitative estimate of drug-likeness (QED) is 0.716. The summed E-state index contributed by atoms with van der Waals surface area (Å²) in [6.45, 7) is 2.94. The Balaban J connectivity index is 1.70. The Labute approximate surface area is 159 Å². The lowest BCUT2D eigenvalue weighted by molar-refractivity contribution is 0.0776. The van der Waals surface area contributed by atoms with Crippen LogP contribution in [0.4, 0.5) is 0 Å². The van der Waals surface area contributed by atoms with Gasteiger partial charge in [-0.15, -0.1) is 0 Å². The van der Waals surface area contributed by atoms with Crippen LogP contribution in [-0.4, -0.2) is 59.4 Å². The Bertz CT molecular complexity index is 957. The van der Waals surface area contributed by atoms with Gasteiger partial charge < -0.3 is 9.80 Å². The molecule has 1 fully saturated rings. The number of fused-ring (bicyclic) bond motifs is 1. The lowest BCUT2D eigenvalue weighted by Crippen LogP contribution is -2.33. The molecule has 4 rings (SSSR count). The maximum absolute atomic E-state index is 13.3. The van der Waals surface area contributed by atoms with E-state index in [0.29, 0.717) is 11.5 Å². The van der Waals surface area contributed by atoms with Crippen LogP contribution in [0.5, 0.6) is 0 Å². The minimum atomic E-state index is 0.0493. The molecule has 138 valence electrons. The van der Waals surface area contributed by atoms with Crippen molar-refractivity contribution >= 4 is 16.8 Å². The molecule has 0 radical (unpaired) electrons. The first-order valence-electron chi connectivity index (χ1n) is 9.36. The van der Waals surface area contributed by atoms with Crippen molar-refractivity contribution in [2.24, 2.45) is 5.92 Å². The van der Waals surface area contributed by atoms with Crippen molar-refractivity contribution in [3.05, 3.63) is 60.4 Å². The monoisotopic (exact) mass is 360 g/mol. The van der Waals surface area contributed by atoms with Gasteiger partial charge in [-0.25, -0.2) is 4.98 Å².